The van der Waals surface area contributed by atoms with E-state index >= 15 is 0 Å². The van der Waals surface area contributed by atoms with E-state index in [0.29, 0.717) is 24.3 Å². The van der Waals surface area contributed by atoms with Crippen LogP contribution in [0, 0.1) is 0 Å². The molecule has 1 atom stereocenters. The van der Waals surface area contributed by atoms with E-state index in [-0.39, 0.29) is 36.1 Å². The zero-order valence-corrected chi connectivity index (χ0v) is 18.6. The van der Waals surface area contributed by atoms with Crippen molar-refractivity contribution in [3.05, 3.63) is 34.9 Å². The van der Waals surface area contributed by atoms with Crippen molar-refractivity contribution in [2.75, 3.05) is 18.1 Å². The second-order valence-electron chi connectivity index (χ2n) is 8.82. The van der Waals surface area contributed by atoms with Gasteiger partial charge in [0, 0.05) is 17.1 Å². The molecule has 164 valence electrons. The fourth-order valence-electron chi connectivity index (χ4n) is 5.15. The summed E-state index contributed by atoms with van der Waals surface area (Å²) in [6, 6.07) is 6.98. The van der Waals surface area contributed by atoms with E-state index in [1.165, 1.54) is 0 Å². The predicted molar refractivity (Wildman–Crippen MR) is 114 cm³/mol. The molecule has 1 unspecified atom stereocenters. The number of carbonyl (C=O) groups excluding carboxylic acids is 2. The average Bonchev–Trinajstić information content (AvgIpc) is 3.29. The van der Waals surface area contributed by atoms with Crippen LogP contribution in [0.3, 0.4) is 0 Å². The Balaban J connectivity index is 1.45. The zero-order valence-electron chi connectivity index (χ0n) is 17.0. The average molecular weight is 454 g/mol. The summed E-state index contributed by atoms with van der Waals surface area (Å²) in [5.41, 5.74) is 0.0910. The molecule has 1 aromatic carbocycles. The van der Waals surface area contributed by atoms with Crippen LogP contribution in [0.15, 0.2) is 24.3 Å². The molecule has 30 heavy (non-hydrogen) atoms. The molecule has 1 amide bonds. The van der Waals surface area contributed by atoms with Crippen LogP contribution < -0.4 is 0 Å². The number of halogens is 1. The Morgan fingerprint density at radius 2 is 1.83 bits per heavy atom. The van der Waals surface area contributed by atoms with Gasteiger partial charge in [-0.2, -0.15) is 0 Å². The van der Waals surface area contributed by atoms with Gasteiger partial charge in [-0.25, -0.2) is 8.42 Å². The fourth-order valence-corrected chi connectivity index (χ4v) is 7.05. The number of amides is 1. The van der Waals surface area contributed by atoms with Crippen molar-refractivity contribution in [2.45, 2.75) is 68.9 Å². The van der Waals surface area contributed by atoms with E-state index < -0.39 is 21.2 Å². The summed E-state index contributed by atoms with van der Waals surface area (Å²) < 4.78 is 29.5. The molecule has 1 aromatic rings. The van der Waals surface area contributed by atoms with Gasteiger partial charge in [0.2, 0.25) is 0 Å². The maximum absolute atomic E-state index is 13.1. The summed E-state index contributed by atoms with van der Waals surface area (Å²) in [6.45, 7) is -0.339. The number of esters is 1. The van der Waals surface area contributed by atoms with E-state index in [4.69, 9.17) is 16.3 Å². The van der Waals surface area contributed by atoms with E-state index in [0.717, 1.165) is 37.7 Å². The Kier molecular flexibility index (Phi) is 6.13. The van der Waals surface area contributed by atoms with Crippen LogP contribution in [-0.4, -0.2) is 55.4 Å². The summed E-state index contributed by atoms with van der Waals surface area (Å²) in [6.07, 6.45) is 6.55. The number of ether oxygens (including phenoxy) is 1. The van der Waals surface area contributed by atoms with Crippen molar-refractivity contribution in [3.63, 3.8) is 0 Å². The normalized spacial score (nSPS) is 24.9. The lowest BCUT2D eigenvalue weighted by molar-refractivity contribution is -0.161. The molecule has 4 rings (SSSR count). The van der Waals surface area contributed by atoms with Crippen LogP contribution in [-0.2, 0) is 29.6 Å². The van der Waals surface area contributed by atoms with Crippen molar-refractivity contribution in [2.24, 2.45) is 0 Å². The molecule has 0 N–H and O–H groups in total. The highest BCUT2D eigenvalue weighted by Gasteiger charge is 2.48. The molecule has 0 spiro atoms. The minimum atomic E-state index is -3.11. The third-order valence-electron chi connectivity index (χ3n) is 6.91. The Morgan fingerprint density at radius 3 is 2.40 bits per heavy atom. The van der Waals surface area contributed by atoms with Gasteiger partial charge in [0.1, 0.15) is 0 Å². The van der Waals surface area contributed by atoms with Crippen LogP contribution in [0.1, 0.15) is 56.9 Å². The standard InChI is InChI=1S/C22H28ClNO5S/c23-17-6-3-5-16(13-17)22(10-4-11-22)21(26)29-14-20(25)24(18-7-1-2-8-18)19-9-12-30(27,28)15-19/h3,5-6,13,18-19H,1-2,4,7-12,14-15H2. The van der Waals surface area contributed by atoms with Gasteiger partial charge in [0.25, 0.3) is 5.91 Å². The summed E-state index contributed by atoms with van der Waals surface area (Å²) in [7, 11) is -3.11. The van der Waals surface area contributed by atoms with Crippen molar-refractivity contribution >= 4 is 33.3 Å². The van der Waals surface area contributed by atoms with Crippen molar-refractivity contribution in [3.8, 4) is 0 Å². The Morgan fingerprint density at radius 1 is 1.10 bits per heavy atom. The van der Waals surface area contributed by atoms with Gasteiger partial charge in [-0.05, 0) is 49.8 Å². The lowest BCUT2D eigenvalue weighted by Gasteiger charge is -2.40. The summed E-state index contributed by atoms with van der Waals surface area (Å²) in [5.74, 6) is -0.547. The molecule has 1 aliphatic heterocycles. The third kappa shape index (κ3) is 4.24. The Labute approximate surface area is 182 Å². The third-order valence-corrected chi connectivity index (χ3v) is 8.90. The number of nitrogens with zero attached hydrogens (tertiary/aromatic N) is 1. The van der Waals surface area contributed by atoms with Crippen LogP contribution >= 0.6 is 11.6 Å². The largest absolute Gasteiger partial charge is 0.455 e. The van der Waals surface area contributed by atoms with Crippen molar-refractivity contribution in [1.29, 1.82) is 0 Å². The first kappa shape index (κ1) is 21.6. The molecule has 2 saturated carbocycles. The number of hydrogen-bond acceptors (Lipinski definition) is 5. The summed E-state index contributed by atoms with van der Waals surface area (Å²) in [5, 5.41) is 0.567. The van der Waals surface area contributed by atoms with E-state index in [1.807, 2.05) is 12.1 Å². The monoisotopic (exact) mass is 453 g/mol. The molecule has 1 saturated heterocycles. The molecule has 0 radical (unpaired) electrons. The Bertz CT molecular complexity index is 921. The number of sulfone groups is 1. The SMILES string of the molecule is O=C(COC(=O)C1(c2cccc(Cl)c2)CCC1)N(C1CCCC1)C1CCS(=O)(=O)C1. The van der Waals surface area contributed by atoms with Crippen molar-refractivity contribution < 1.29 is 22.7 Å². The van der Waals surface area contributed by atoms with Crippen LogP contribution in [0.2, 0.25) is 5.02 Å². The first-order chi connectivity index (χ1) is 14.3. The van der Waals surface area contributed by atoms with E-state index in [2.05, 4.69) is 0 Å². The second-order valence-corrected chi connectivity index (χ2v) is 11.5. The molecule has 3 fully saturated rings. The number of carbonyl (C=O) groups is 2. The minimum absolute atomic E-state index is 0.00956. The molecular weight excluding hydrogens is 426 g/mol. The van der Waals surface area contributed by atoms with Crippen molar-refractivity contribution in [1.82, 2.24) is 4.90 Å². The predicted octanol–water partition coefficient (Wildman–Crippen LogP) is 3.26. The van der Waals surface area contributed by atoms with Gasteiger partial charge in [-0.3, -0.25) is 9.59 Å². The van der Waals surface area contributed by atoms with Crippen LogP contribution in [0.5, 0.6) is 0 Å². The molecule has 3 aliphatic rings. The highest BCUT2D eigenvalue weighted by Crippen LogP contribution is 2.45. The van der Waals surface area contributed by atoms with Crippen LogP contribution in [0.25, 0.3) is 0 Å². The summed E-state index contributed by atoms with van der Waals surface area (Å²) >= 11 is 6.11. The van der Waals surface area contributed by atoms with Crippen LogP contribution in [0.4, 0.5) is 0 Å². The highest BCUT2D eigenvalue weighted by molar-refractivity contribution is 7.91. The van der Waals surface area contributed by atoms with Gasteiger partial charge in [-0.15, -0.1) is 0 Å². The summed E-state index contributed by atoms with van der Waals surface area (Å²) in [4.78, 5) is 27.8. The molecule has 1 heterocycles. The van der Waals surface area contributed by atoms with E-state index in [9.17, 15) is 18.0 Å². The molecule has 0 bridgehead atoms. The van der Waals surface area contributed by atoms with Gasteiger partial charge in [0.05, 0.1) is 16.9 Å². The molecular formula is C22H28ClNO5S. The lowest BCUT2D eigenvalue weighted by Crippen LogP contribution is -2.50. The second kappa shape index (κ2) is 8.50. The number of benzene rings is 1. The van der Waals surface area contributed by atoms with Gasteiger partial charge in [-0.1, -0.05) is 43.0 Å². The number of rotatable bonds is 6. The minimum Gasteiger partial charge on any atom is -0.455 e. The van der Waals surface area contributed by atoms with Gasteiger partial charge in [0.15, 0.2) is 16.4 Å². The van der Waals surface area contributed by atoms with Gasteiger partial charge >= 0.3 is 5.97 Å². The number of hydrogen-bond donors (Lipinski definition) is 0. The fraction of sp³-hybridized carbons (Fsp3) is 0.636. The maximum Gasteiger partial charge on any atom is 0.317 e. The molecule has 8 heteroatoms. The smallest absolute Gasteiger partial charge is 0.317 e. The molecule has 2 aliphatic carbocycles. The zero-order chi connectivity index (χ0) is 21.4. The first-order valence-electron chi connectivity index (χ1n) is 10.8. The maximum atomic E-state index is 13.1. The highest BCUT2D eigenvalue weighted by atomic mass is 35.5. The first-order valence-corrected chi connectivity index (χ1v) is 13.0. The van der Waals surface area contributed by atoms with Gasteiger partial charge < -0.3 is 9.64 Å². The topological polar surface area (TPSA) is 80.8 Å². The Hall–Kier alpha value is -1.60. The molecule has 0 aromatic heterocycles. The quantitative estimate of drug-likeness (QED) is 0.617. The molecule has 6 nitrogen and oxygen atoms in total. The lowest BCUT2D eigenvalue weighted by atomic mass is 9.64. The van der Waals surface area contributed by atoms with E-state index in [1.54, 1.807) is 17.0 Å².